The smallest absolute Gasteiger partial charge is 0.223 e. The third-order valence-electron chi connectivity index (χ3n) is 4.84. The molecule has 0 aliphatic heterocycles. The van der Waals surface area contributed by atoms with Crippen LogP contribution in [0.1, 0.15) is 30.5 Å². The SMILES string of the molecule is O=C(NC(Cc1nc2ccccc2[nH]1)c1nc2ccccc2[nH]1)C1CC1. The van der Waals surface area contributed by atoms with Crippen molar-refractivity contribution < 1.29 is 4.79 Å². The van der Waals surface area contributed by atoms with Crippen LogP contribution in [0.3, 0.4) is 0 Å². The van der Waals surface area contributed by atoms with Gasteiger partial charge in [0.1, 0.15) is 11.6 Å². The molecular weight excluding hydrogens is 326 g/mol. The highest BCUT2D eigenvalue weighted by Gasteiger charge is 2.32. The van der Waals surface area contributed by atoms with Crippen LogP contribution >= 0.6 is 0 Å². The molecule has 1 atom stereocenters. The number of amides is 1. The first kappa shape index (κ1) is 15.1. The molecule has 0 bridgehead atoms. The number of carbonyl (C=O) groups excluding carboxylic acids is 1. The largest absolute Gasteiger partial charge is 0.345 e. The van der Waals surface area contributed by atoms with Crippen molar-refractivity contribution in [3.05, 3.63) is 60.2 Å². The summed E-state index contributed by atoms with van der Waals surface area (Å²) in [6.07, 6.45) is 2.51. The average molecular weight is 345 g/mol. The molecule has 4 aromatic rings. The van der Waals surface area contributed by atoms with Crippen LogP contribution in [0.25, 0.3) is 22.1 Å². The van der Waals surface area contributed by atoms with Crippen LogP contribution in [0, 0.1) is 5.92 Å². The monoisotopic (exact) mass is 345 g/mol. The Bertz CT molecular complexity index is 1030. The molecule has 1 aliphatic carbocycles. The first-order valence-electron chi connectivity index (χ1n) is 8.95. The summed E-state index contributed by atoms with van der Waals surface area (Å²) in [5.74, 6) is 1.86. The Morgan fingerprint density at radius 3 is 2.31 bits per heavy atom. The summed E-state index contributed by atoms with van der Waals surface area (Å²) in [5, 5.41) is 3.16. The molecule has 1 amide bonds. The van der Waals surface area contributed by atoms with Crippen molar-refractivity contribution in [1.82, 2.24) is 25.3 Å². The molecule has 0 radical (unpaired) electrons. The van der Waals surface area contributed by atoms with Gasteiger partial charge in [0, 0.05) is 12.3 Å². The number of nitrogens with zero attached hydrogens (tertiary/aromatic N) is 2. The lowest BCUT2D eigenvalue weighted by atomic mass is 10.1. The topological polar surface area (TPSA) is 86.5 Å². The molecule has 2 aromatic carbocycles. The van der Waals surface area contributed by atoms with Crippen molar-refractivity contribution in [2.75, 3.05) is 0 Å². The van der Waals surface area contributed by atoms with Gasteiger partial charge in [-0.2, -0.15) is 0 Å². The van der Waals surface area contributed by atoms with Gasteiger partial charge in [-0.15, -0.1) is 0 Å². The van der Waals surface area contributed by atoms with Crippen LogP contribution in [-0.2, 0) is 11.2 Å². The fourth-order valence-electron chi connectivity index (χ4n) is 3.28. The van der Waals surface area contributed by atoms with E-state index in [1.54, 1.807) is 0 Å². The molecule has 1 unspecified atom stereocenters. The van der Waals surface area contributed by atoms with Crippen LogP contribution in [-0.4, -0.2) is 25.8 Å². The number of fused-ring (bicyclic) bond motifs is 2. The molecule has 1 aliphatic rings. The molecule has 5 rings (SSSR count). The number of imidazole rings is 2. The predicted molar refractivity (Wildman–Crippen MR) is 99.5 cm³/mol. The fourth-order valence-corrected chi connectivity index (χ4v) is 3.28. The van der Waals surface area contributed by atoms with Gasteiger partial charge in [-0.3, -0.25) is 4.79 Å². The summed E-state index contributed by atoms with van der Waals surface area (Å²) in [5.41, 5.74) is 3.80. The van der Waals surface area contributed by atoms with Gasteiger partial charge in [0.2, 0.25) is 5.91 Å². The number of carbonyl (C=O) groups is 1. The minimum Gasteiger partial charge on any atom is -0.345 e. The van der Waals surface area contributed by atoms with E-state index >= 15 is 0 Å². The summed E-state index contributed by atoms with van der Waals surface area (Å²) >= 11 is 0. The standard InChI is InChI=1S/C20H19N5O/c26-20(12-9-10-12)25-17(19-23-15-7-3-4-8-16(15)24-19)11-18-21-13-5-1-2-6-14(13)22-18/h1-8,12,17H,9-11H2,(H,21,22)(H,23,24)(H,25,26). The quantitative estimate of drug-likeness (QED) is 0.519. The Morgan fingerprint density at radius 1 is 1.00 bits per heavy atom. The van der Waals surface area contributed by atoms with Crippen molar-refractivity contribution >= 4 is 28.0 Å². The molecule has 2 heterocycles. The molecule has 2 aromatic heterocycles. The summed E-state index contributed by atoms with van der Waals surface area (Å²) < 4.78 is 0. The van der Waals surface area contributed by atoms with Crippen molar-refractivity contribution in [3.63, 3.8) is 0 Å². The van der Waals surface area contributed by atoms with E-state index in [1.807, 2.05) is 48.5 Å². The first-order valence-corrected chi connectivity index (χ1v) is 8.95. The molecule has 6 nitrogen and oxygen atoms in total. The molecular formula is C20H19N5O. The summed E-state index contributed by atoms with van der Waals surface area (Å²) in [6.45, 7) is 0. The first-order chi connectivity index (χ1) is 12.8. The van der Waals surface area contributed by atoms with Crippen molar-refractivity contribution in [2.45, 2.75) is 25.3 Å². The Labute approximate surface area is 150 Å². The summed E-state index contributed by atoms with van der Waals surface area (Å²) in [4.78, 5) is 28.4. The van der Waals surface area contributed by atoms with E-state index in [0.29, 0.717) is 6.42 Å². The number of rotatable bonds is 5. The van der Waals surface area contributed by atoms with E-state index in [1.165, 1.54) is 0 Å². The normalized spacial score (nSPS) is 15.4. The Kier molecular flexibility index (Phi) is 3.48. The van der Waals surface area contributed by atoms with E-state index in [0.717, 1.165) is 46.6 Å². The number of nitrogens with one attached hydrogen (secondary N) is 3. The van der Waals surface area contributed by atoms with Gasteiger partial charge >= 0.3 is 0 Å². The Balaban J connectivity index is 1.48. The van der Waals surface area contributed by atoms with E-state index in [-0.39, 0.29) is 17.9 Å². The van der Waals surface area contributed by atoms with E-state index in [2.05, 4.69) is 25.3 Å². The zero-order chi connectivity index (χ0) is 17.5. The van der Waals surface area contributed by atoms with Crippen molar-refractivity contribution in [3.8, 4) is 0 Å². The lowest BCUT2D eigenvalue weighted by Crippen LogP contribution is -2.32. The molecule has 0 spiro atoms. The number of hydrogen-bond acceptors (Lipinski definition) is 3. The van der Waals surface area contributed by atoms with Gasteiger partial charge < -0.3 is 15.3 Å². The average Bonchev–Trinajstić information content (AvgIpc) is 3.28. The van der Waals surface area contributed by atoms with Crippen LogP contribution in [0.15, 0.2) is 48.5 Å². The zero-order valence-corrected chi connectivity index (χ0v) is 14.2. The second-order valence-electron chi connectivity index (χ2n) is 6.88. The number of aromatic amines is 2. The van der Waals surface area contributed by atoms with Gasteiger partial charge in [0.05, 0.1) is 28.1 Å². The summed E-state index contributed by atoms with van der Waals surface area (Å²) in [6, 6.07) is 15.6. The van der Waals surface area contributed by atoms with Gasteiger partial charge in [-0.25, -0.2) is 9.97 Å². The number of para-hydroxylation sites is 4. The van der Waals surface area contributed by atoms with E-state index in [9.17, 15) is 4.79 Å². The lowest BCUT2D eigenvalue weighted by molar-refractivity contribution is -0.123. The third-order valence-corrected chi connectivity index (χ3v) is 4.84. The Morgan fingerprint density at radius 2 is 1.65 bits per heavy atom. The molecule has 3 N–H and O–H groups in total. The van der Waals surface area contributed by atoms with Gasteiger partial charge in [0.25, 0.3) is 0 Å². The van der Waals surface area contributed by atoms with Gasteiger partial charge in [-0.05, 0) is 37.1 Å². The molecule has 130 valence electrons. The number of H-pyrrole nitrogens is 2. The minimum atomic E-state index is -0.240. The Hall–Kier alpha value is -3.15. The molecule has 0 saturated heterocycles. The highest BCUT2D eigenvalue weighted by atomic mass is 16.2. The van der Waals surface area contributed by atoms with E-state index < -0.39 is 0 Å². The maximum Gasteiger partial charge on any atom is 0.223 e. The number of benzene rings is 2. The van der Waals surface area contributed by atoms with Crippen LogP contribution < -0.4 is 5.32 Å². The molecule has 1 fully saturated rings. The minimum absolute atomic E-state index is 0.103. The summed E-state index contributed by atoms with van der Waals surface area (Å²) in [7, 11) is 0. The van der Waals surface area contributed by atoms with E-state index in [4.69, 9.17) is 0 Å². The van der Waals surface area contributed by atoms with Crippen LogP contribution in [0.5, 0.6) is 0 Å². The fraction of sp³-hybridized carbons (Fsp3) is 0.250. The van der Waals surface area contributed by atoms with Crippen molar-refractivity contribution in [2.24, 2.45) is 5.92 Å². The van der Waals surface area contributed by atoms with Crippen LogP contribution in [0.2, 0.25) is 0 Å². The maximum absolute atomic E-state index is 12.4. The molecule has 26 heavy (non-hydrogen) atoms. The molecule has 6 heteroatoms. The number of aromatic nitrogens is 4. The second-order valence-corrected chi connectivity index (χ2v) is 6.88. The highest BCUT2D eigenvalue weighted by Crippen LogP contribution is 2.30. The third kappa shape index (κ3) is 2.83. The van der Waals surface area contributed by atoms with Crippen LogP contribution in [0.4, 0.5) is 0 Å². The van der Waals surface area contributed by atoms with Gasteiger partial charge in [0.15, 0.2) is 0 Å². The predicted octanol–water partition coefficient (Wildman–Crippen LogP) is 3.25. The maximum atomic E-state index is 12.4. The number of hydrogen-bond donors (Lipinski definition) is 3. The van der Waals surface area contributed by atoms with Gasteiger partial charge in [-0.1, -0.05) is 24.3 Å². The second kappa shape index (κ2) is 5.98. The lowest BCUT2D eigenvalue weighted by Gasteiger charge is -2.15. The molecule has 1 saturated carbocycles. The van der Waals surface area contributed by atoms with Crippen molar-refractivity contribution in [1.29, 1.82) is 0 Å². The zero-order valence-electron chi connectivity index (χ0n) is 14.2. The highest BCUT2D eigenvalue weighted by molar-refractivity contribution is 5.81.